The van der Waals surface area contributed by atoms with Crippen LogP contribution in [0.2, 0.25) is 0 Å². The Morgan fingerprint density at radius 1 is 1.48 bits per heavy atom. The van der Waals surface area contributed by atoms with Crippen LogP contribution in [0.4, 0.5) is 0 Å². The molecule has 1 aromatic heterocycles. The highest BCUT2D eigenvalue weighted by Crippen LogP contribution is 2.47. The van der Waals surface area contributed by atoms with Crippen molar-refractivity contribution in [3.8, 4) is 0 Å². The van der Waals surface area contributed by atoms with Gasteiger partial charge in [0.2, 0.25) is 0 Å². The summed E-state index contributed by atoms with van der Waals surface area (Å²) in [5, 5.41) is 8.10. The fourth-order valence-corrected chi connectivity index (χ4v) is 4.24. The highest BCUT2D eigenvalue weighted by atomic mass is 79.9. The van der Waals surface area contributed by atoms with Crippen molar-refractivity contribution in [2.45, 2.75) is 52.9 Å². The molecule has 0 bridgehead atoms. The average molecular weight is 356 g/mol. The summed E-state index contributed by atoms with van der Waals surface area (Å²) in [6, 6.07) is 0. The normalized spacial score (nSPS) is 25.5. The Morgan fingerprint density at radius 3 is 2.76 bits per heavy atom. The number of aromatic nitrogens is 2. The van der Waals surface area contributed by atoms with Crippen molar-refractivity contribution in [3.05, 3.63) is 16.4 Å². The van der Waals surface area contributed by atoms with Crippen LogP contribution in [0.15, 0.2) is 10.7 Å². The molecule has 0 aromatic carbocycles. The highest BCUT2D eigenvalue weighted by Gasteiger charge is 2.37. The van der Waals surface area contributed by atoms with Crippen molar-refractivity contribution in [1.29, 1.82) is 0 Å². The molecule has 1 fully saturated rings. The minimum Gasteiger partial charge on any atom is -0.316 e. The van der Waals surface area contributed by atoms with Crippen LogP contribution < -0.4 is 5.32 Å². The second-order valence-electron chi connectivity index (χ2n) is 7.83. The molecule has 2 rings (SSSR count). The van der Waals surface area contributed by atoms with E-state index in [1.165, 1.54) is 29.4 Å². The van der Waals surface area contributed by atoms with Gasteiger partial charge in [-0.3, -0.25) is 4.68 Å². The van der Waals surface area contributed by atoms with Gasteiger partial charge in [0.25, 0.3) is 0 Å². The molecule has 1 heterocycles. The van der Waals surface area contributed by atoms with Crippen molar-refractivity contribution in [2.24, 2.45) is 24.3 Å². The van der Waals surface area contributed by atoms with Gasteiger partial charge in [-0.25, -0.2) is 0 Å². The number of nitrogens with one attached hydrogen (secondary N) is 1. The Balaban J connectivity index is 2.14. The van der Waals surface area contributed by atoms with Crippen molar-refractivity contribution >= 4 is 15.9 Å². The maximum Gasteiger partial charge on any atom is 0.0635 e. The SMILES string of the molecule is CC(C)CNCC1CCC(C)(C)CC1c1c(Br)cnn1C. The molecule has 0 aliphatic heterocycles. The van der Waals surface area contributed by atoms with Gasteiger partial charge in [-0.15, -0.1) is 0 Å². The molecule has 0 amide bonds. The lowest BCUT2D eigenvalue weighted by Crippen LogP contribution is -2.36. The quantitative estimate of drug-likeness (QED) is 0.851. The molecule has 1 N–H and O–H groups in total. The number of nitrogens with zero attached hydrogens (tertiary/aromatic N) is 2. The van der Waals surface area contributed by atoms with Crippen LogP contribution in [0.5, 0.6) is 0 Å². The van der Waals surface area contributed by atoms with Crippen molar-refractivity contribution in [3.63, 3.8) is 0 Å². The van der Waals surface area contributed by atoms with Crippen LogP contribution in [-0.2, 0) is 7.05 Å². The van der Waals surface area contributed by atoms with E-state index in [0.29, 0.717) is 23.2 Å². The Hall–Kier alpha value is -0.350. The van der Waals surface area contributed by atoms with Gasteiger partial charge in [0.1, 0.15) is 0 Å². The largest absolute Gasteiger partial charge is 0.316 e. The van der Waals surface area contributed by atoms with Crippen LogP contribution >= 0.6 is 15.9 Å². The first kappa shape index (κ1) is 17.0. The maximum atomic E-state index is 4.43. The Morgan fingerprint density at radius 2 is 2.19 bits per heavy atom. The van der Waals surface area contributed by atoms with Gasteiger partial charge >= 0.3 is 0 Å². The summed E-state index contributed by atoms with van der Waals surface area (Å²) in [4.78, 5) is 0. The highest BCUT2D eigenvalue weighted by molar-refractivity contribution is 9.10. The van der Waals surface area contributed by atoms with E-state index >= 15 is 0 Å². The zero-order valence-corrected chi connectivity index (χ0v) is 15.7. The topological polar surface area (TPSA) is 29.9 Å². The maximum absolute atomic E-state index is 4.43. The zero-order chi connectivity index (χ0) is 15.6. The standard InChI is InChI=1S/C17H30BrN3/c1-12(2)9-19-10-13-6-7-17(3,4)8-14(13)16-15(18)11-20-21(16)5/h11-14,19H,6-10H2,1-5H3. The third-order valence-corrected chi connectivity index (χ3v) is 5.39. The van der Waals surface area contributed by atoms with Crippen LogP contribution in [0.3, 0.4) is 0 Å². The van der Waals surface area contributed by atoms with E-state index in [2.05, 4.69) is 65.8 Å². The first-order chi connectivity index (χ1) is 9.80. The molecule has 1 aliphatic rings. The molecular formula is C17H30BrN3. The summed E-state index contributed by atoms with van der Waals surface area (Å²) in [7, 11) is 2.07. The molecular weight excluding hydrogens is 326 g/mol. The molecule has 1 saturated carbocycles. The van der Waals surface area contributed by atoms with Crippen molar-refractivity contribution < 1.29 is 0 Å². The molecule has 3 nitrogen and oxygen atoms in total. The summed E-state index contributed by atoms with van der Waals surface area (Å²) in [5.41, 5.74) is 1.81. The van der Waals surface area contributed by atoms with E-state index in [9.17, 15) is 0 Å². The summed E-state index contributed by atoms with van der Waals surface area (Å²) in [6.45, 7) is 11.6. The lowest BCUT2D eigenvalue weighted by atomic mass is 9.66. The molecule has 1 aliphatic carbocycles. The summed E-state index contributed by atoms with van der Waals surface area (Å²) < 4.78 is 3.23. The van der Waals surface area contributed by atoms with E-state index in [0.717, 1.165) is 13.1 Å². The predicted octanol–water partition coefficient (Wildman–Crippen LogP) is 4.34. The smallest absolute Gasteiger partial charge is 0.0635 e. The number of rotatable bonds is 5. The fourth-order valence-electron chi connectivity index (χ4n) is 3.60. The third-order valence-electron chi connectivity index (χ3n) is 4.78. The van der Waals surface area contributed by atoms with Crippen molar-refractivity contribution in [2.75, 3.05) is 13.1 Å². The van der Waals surface area contributed by atoms with E-state index < -0.39 is 0 Å². The van der Waals surface area contributed by atoms with Gasteiger partial charge in [0.05, 0.1) is 16.4 Å². The molecule has 0 spiro atoms. The number of hydrogen-bond donors (Lipinski definition) is 1. The second kappa shape index (κ2) is 6.82. The minimum atomic E-state index is 0.433. The number of aryl methyl sites for hydroxylation is 1. The second-order valence-corrected chi connectivity index (χ2v) is 8.68. The summed E-state index contributed by atoms with van der Waals surface area (Å²) >= 11 is 3.71. The molecule has 0 radical (unpaired) electrons. The lowest BCUT2D eigenvalue weighted by Gasteiger charge is -2.41. The van der Waals surface area contributed by atoms with Gasteiger partial charge in [0, 0.05) is 13.0 Å². The lowest BCUT2D eigenvalue weighted by molar-refractivity contribution is 0.154. The van der Waals surface area contributed by atoms with Crippen LogP contribution in [0.1, 0.15) is 58.6 Å². The molecule has 4 heteroatoms. The third kappa shape index (κ3) is 4.32. The van der Waals surface area contributed by atoms with Crippen LogP contribution in [-0.4, -0.2) is 22.9 Å². The van der Waals surface area contributed by atoms with Gasteiger partial charge < -0.3 is 5.32 Å². The minimum absolute atomic E-state index is 0.433. The molecule has 2 unspecified atom stereocenters. The molecule has 2 atom stereocenters. The summed E-state index contributed by atoms with van der Waals surface area (Å²) in [5.74, 6) is 2.02. The molecule has 120 valence electrons. The summed E-state index contributed by atoms with van der Waals surface area (Å²) in [6.07, 6.45) is 5.82. The first-order valence-corrected chi connectivity index (χ1v) is 8.97. The molecule has 1 aromatic rings. The Kier molecular flexibility index (Phi) is 5.53. The van der Waals surface area contributed by atoms with Gasteiger partial charge in [-0.05, 0) is 65.5 Å². The zero-order valence-electron chi connectivity index (χ0n) is 14.1. The Labute approximate surface area is 138 Å². The van der Waals surface area contributed by atoms with Gasteiger partial charge in [-0.1, -0.05) is 27.7 Å². The first-order valence-electron chi connectivity index (χ1n) is 8.18. The average Bonchev–Trinajstić information content (AvgIpc) is 2.70. The molecule has 21 heavy (non-hydrogen) atoms. The van der Waals surface area contributed by atoms with Crippen molar-refractivity contribution in [1.82, 2.24) is 15.1 Å². The van der Waals surface area contributed by atoms with Crippen LogP contribution in [0.25, 0.3) is 0 Å². The van der Waals surface area contributed by atoms with E-state index in [1.54, 1.807) is 0 Å². The predicted molar refractivity (Wildman–Crippen MR) is 92.5 cm³/mol. The number of hydrogen-bond acceptors (Lipinski definition) is 2. The Bertz CT molecular complexity index is 445. The van der Waals surface area contributed by atoms with Crippen LogP contribution in [0, 0.1) is 17.3 Å². The van der Waals surface area contributed by atoms with E-state index in [1.807, 2.05) is 6.20 Å². The van der Waals surface area contributed by atoms with Gasteiger partial charge in [-0.2, -0.15) is 5.10 Å². The van der Waals surface area contributed by atoms with E-state index in [-0.39, 0.29) is 0 Å². The molecule has 0 saturated heterocycles. The number of halogens is 1. The monoisotopic (exact) mass is 355 g/mol. The van der Waals surface area contributed by atoms with E-state index in [4.69, 9.17) is 0 Å². The van der Waals surface area contributed by atoms with Gasteiger partial charge in [0.15, 0.2) is 0 Å². The fraction of sp³-hybridized carbons (Fsp3) is 0.824.